The molecule has 0 fully saturated rings. The van der Waals surface area contributed by atoms with E-state index >= 15 is 0 Å². The smallest absolute Gasteiger partial charge is 0.0623 e. The first kappa shape index (κ1) is 16.3. The van der Waals surface area contributed by atoms with Gasteiger partial charge in [-0.2, -0.15) is 0 Å². The Labute approximate surface area is 136 Å². The van der Waals surface area contributed by atoms with Crippen LogP contribution in [0.3, 0.4) is 0 Å². The molecule has 2 nitrogen and oxygen atoms in total. The molecule has 1 aromatic heterocycles. The Hall–Kier alpha value is -2.10. The van der Waals surface area contributed by atoms with Crippen LogP contribution in [0, 0.1) is 6.92 Å². The predicted molar refractivity (Wildman–Crippen MR) is 96.5 cm³/mol. The van der Waals surface area contributed by atoms with Crippen LogP contribution in [0.4, 0.5) is 0 Å². The first-order chi connectivity index (χ1) is 10.7. The van der Waals surface area contributed by atoms with Gasteiger partial charge in [0.25, 0.3) is 0 Å². The maximum atomic E-state index is 4.46. The lowest BCUT2D eigenvalue weighted by molar-refractivity contribution is 0.916. The zero-order valence-electron chi connectivity index (χ0n) is 12.8. The normalized spacial score (nSPS) is 10.0. The van der Waals surface area contributed by atoms with Crippen LogP contribution < -0.4 is 4.72 Å². The Balaban J connectivity index is 2.03. The second-order valence-electron chi connectivity index (χ2n) is 4.83. The third-order valence-electron chi connectivity index (χ3n) is 3.17. The molecule has 0 unspecified atom stereocenters. The van der Waals surface area contributed by atoms with Crippen LogP contribution in [0.25, 0.3) is 6.08 Å². The van der Waals surface area contributed by atoms with Gasteiger partial charge in [0.05, 0.1) is 5.69 Å². The van der Waals surface area contributed by atoms with E-state index in [0.717, 1.165) is 16.8 Å². The van der Waals surface area contributed by atoms with Crippen LogP contribution in [0.1, 0.15) is 16.8 Å². The molecule has 3 heteroatoms. The lowest BCUT2D eigenvalue weighted by Gasteiger charge is -2.07. The number of aromatic nitrogens is 1. The van der Waals surface area contributed by atoms with Crippen LogP contribution >= 0.6 is 11.9 Å². The van der Waals surface area contributed by atoms with E-state index in [0.29, 0.717) is 6.54 Å². The number of allylic oxidation sites excluding steroid dienone is 3. The number of nitrogens with zero attached hydrogens (tertiary/aromatic N) is 1. The van der Waals surface area contributed by atoms with E-state index in [2.05, 4.69) is 54.1 Å². The Bertz CT molecular complexity index is 662. The van der Waals surface area contributed by atoms with E-state index in [9.17, 15) is 0 Å². The SMILES string of the molecule is C=CC(C=C)=Cc1cccnc1CNSc1ccc(C)cc1. The molecule has 0 aliphatic carbocycles. The molecular weight excluding hydrogens is 288 g/mol. The van der Waals surface area contributed by atoms with Gasteiger partial charge in [-0.05, 0) is 54.3 Å². The summed E-state index contributed by atoms with van der Waals surface area (Å²) in [7, 11) is 0. The first-order valence-corrected chi connectivity index (χ1v) is 7.91. The molecule has 1 heterocycles. The molecule has 0 bridgehead atoms. The molecule has 22 heavy (non-hydrogen) atoms. The van der Waals surface area contributed by atoms with E-state index in [-0.39, 0.29) is 0 Å². The van der Waals surface area contributed by atoms with Crippen molar-refractivity contribution in [3.05, 3.63) is 90.3 Å². The summed E-state index contributed by atoms with van der Waals surface area (Å²) in [5.74, 6) is 0. The maximum Gasteiger partial charge on any atom is 0.0623 e. The average Bonchev–Trinajstić information content (AvgIpc) is 2.55. The highest BCUT2D eigenvalue weighted by Gasteiger charge is 2.02. The standard InChI is InChI=1S/C19H20N2S/c1-4-16(5-2)13-17-7-6-12-20-19(17)14-21-22-18-10-8-15(3)9-11-18/h4-13,21H,1-2,14H2,3H3. The van der Waals surface area contributed by atoms with Gasteiger partial charge in [0.2, 0.25) is 0 Å². The number of aryl methyl sites for hydroxylation is 1. The molecule has 0 aliphatic heterocycles. The van der Waals surface area contributed by atoms with Gasteiger partial charge in [0.1, 0.15) is 0 Å². The summed E-state index contributed by atoms with van der Waals surface area (Å²) in [5, 5.41) is 0. The van der Waals surface area contributed by atoms with Crippen LogP contribution in [0.2, 0.25) is 0 Å². The number of hydrogen-bond acceptors (Lipinski definition) is 3. The highest BCUT2D eigenvalue weighted by atomic mass is 32.2. The van der Waals surface area contributed by atoms with E-state index in [4.69, 9.17) is 0 Å². The fraction of sp³-hybridized carbons (Fsp3) is 0.105. The number of pyridine rings is 1. The molecule has 0 atom stereocenters. The van der Waals surface area contributed by atoms with Gasteiger partial charge in [-0.15, -0.1) is 0 Å². The summed E-state index contributed by atoms with van der Waals surface area (Å²) in [6.07, 6.45) is 7.43. The quantitative estimate of drug-likeness (QED) is 0.579. The van der Waals surface area contributed by atoms with Crippen molar-refractivity contribution in [1.29, 1.82) is 0 Å². The first-order valence-electron chi connectivity index (χ1n) is 7.10. The van der Waals surface area contributed by atoms with Crippen LogP contribution in [-0.2, 0) is 6.54 Å². The van der Waals surface area contributed by atoms with Crippen molar-refractivity contribution in [3.8, 4) is 0 Å². The number of benzene rings is 1. The number of hydrogen-bond donors (Lipinski definition) is 1. The summed E-state index contributed by atoms with van der Waals surface area (Å²) >= 11 is 1.61. The summed E-state index contributed by atoms with van der Waals surface area (Å²) in [6, 6.07) is 12.4. The fourth-order valence-electron chi connectivity index (χ4n) is 1.90. The molecule has 0 amide bonds. The Kier molecular flexibility index (Phi) is 6.19. The third kappa shape index (κ3) is 4.72. The second kappa shape index (κ2) is 8.37. The summed E-state index contributed by atoms with van der Waals surface area (Å²) in [4.78, 5) is 5.65. The van der Waals surface area contributed by atoms with Crippen molar-refractivity contribution in [2.24, 2.45) is 0 Å². The van der Waals surface area contributed by atoms with Crippen molar-refractivity contribution >= 4 is 18.0 Å². The third-order valence-corrected chi connectivity index (χ3v) is 3.97. The van der Waals surface area contributed by atoms with Gasteiger partial charge in [-0.25, -0.2) is 0 Å². The van der Waals surface area contributed by atoms with Crippen LogP contribution in [0.15, 0.2) is 78.4 Å². The number of rotatable bonds is 7. The van der Waals surface area contributed by atoms with Gasteiger partial charge in [-0.1, -0.05) is 49.1 Å². The lowest BCUT2D eigenvalue weighted by atomic mass is 10.1. The van der Waals surface area contributed by atoms with E-state index < -0.39 is 0 Å². The summed E-state index contributed by atoms with van der Waals surface area (Å²) in [6.45, 7) is 10.3. The van der Waals surface area contributed by atoms with Gasteiger partial charge in [0.15, 0.2) is 0 Å². The predicted octanol–water partition coefficient (Wildman–Crippen LogP) is 4.94. The molecule has 112 valence electrons. The molecule has 0 saturated carbocycles. The monoisotopic (exact) mass is 308 g/mol. The summed E-state index contributed by atoms with van der Waals surface area (Å²) in [5.41, 5.74) is 4.33. The Morgan fingerprint density at radius 1 is 1.18 bits per heavy atom. The van der Waals surface area contributed by atoms with Gasteiger partial charge in [-0.3, -0.25) is 9.71 Å². The summed E-state index contributed by atoms with van der Waals surface area (Å²) < 4.78 is 3.36. The van der Waals surface area contributed by atoms with Gasteiger partial charge in [0, 0.05) is 17.6 Å². The van der Waals surface area contributed by atoms with Crippen molar-refractivity contribution in [3.63, 3.8) is 0 Å². The van der Waals surface area contributed by atoms with Crippen LogP contribution in [-0.4, -0.2) is 4.98 Å². The van der Waals surface area contributed by atoms with Crippen molar-refractivity contribution in [2.45, 2.75) is 18.4 Å². The Morgan fingerprint density at radius 2 is 1.91 bits per heavy atom. The zero-order chi connectivity index (χ0) is 15.8. The highest BCUT2D eigenvalue weighted by Crippen LogP contribution is 2.17. The van der Waals surface area contributed by atoms with Crippen molar-refractivity contribution in [2.75, 3.05) is 0 Å². The molecule has 0 spiro atoms. The fourth-order valence-corrected chi connectivity index (χ4v) is 2.55. The Morgan fingerprint density at radius 3 is 2.59 bits per heavy atom. The van der Waals surface area contributed by atoms with Crippen LogP contribution in [0.5, 0.6) is 0 Å². The van der Waals surface area contributed by atoms with Gasteiger partial charge >= 0.3 is 0 Å². The number of nitrogens with one attached hydrogen (secondary N) is 1. The van der Waals surface area contributed by atoms with Gasteiger partial charge < -0.3 is 0 Å². The molecule has 0 aliphatic rings. The molecule has 1 N–H and O–H groups in total. The zero-order valence-corrected chi connectivity index (χ0v) is 13.6. The molecule has 1 aromatic carbocycles. The average molecular weight is 308 g/mol. The lowest BCUT2D eigenvalue weighted by Crippen LogP contribution is -2.06. The second-order valence-corrected chi connectivity index (χ2v) is 5.79. The van der Waals surface area contributed by atoms with E-state index in [1.807, 2.05) is 24.4 Å². The largest absolute Gasteiger partial charge is 0.259 e. The molecule has 2 rings (SSSR count). The molecular formula is C19H20N2S. The van der Waals surface area contributed by atoms with Crippen molar-refractivity contribution < 1.29 is 0 Å². The minimum atomic E-state index is 0.687. The van der Waals surface area contributed by atoms with E-state index in [1.165, 1.54) is 10.5 Å². The van der Waals surface area contributed by atoms with E-state index in [1.54, 1.807) is 24.1 Å². The maximum absolute atomic E-state index is 4.46. The van der Waals surface area contributed by atoms with Crippen molar-refractivity contribution in [1.82, 2.24) is 9.71 Å². The molecule has 2 aromatic rings. The molecule has 0 saturated heterocycles. The molecule has 0 radical (unpaired) electrons. The topological polar surface area (TPSA) is 24.9 Å². The minimum absolute atomic E-state index is 0.687. The highest BCUT2D eigenvalue weighted by molar-refractivity contribution is 7.97. The minimum Gasteiger partial charge on any atom is -0.259 e.